The number of Topliss-reactive ketones (excluding diaryl/α,β-unsaturated/α-hetero) is 1. The Hall–Kier alpha value is -1.46. The number of benzene rings is 1. The number of carbonyl (C=O) groups is 2. The standard InChI is InChI=1S/C14H14BrNO3/c1-8(18)13-9(2)19-12(7-17)16-14(13)10-5-3-4-6-11(10)15/h3-7,12,14,16H,1-2H3. The maximum absolute atomic E-state index is 11.8. The third kappa shape index (κ3) is 2.77. The molecule has 0 bridgehead atoms. The molecule has 1 aromatic rings. The van der Waals surface area contributed by atoms with Gasteiger partial charge in [0.25, 0.3) is 0 Å². The molecule has 0 saturated heterocycles. The minimum Gasteiger partial charge on any atom is -0.472 e. The molecule has 5 heteroatoms. The molecule has 1 heterocycles. The van der Waals surface area contributed by atoms with Crippen molar-refractivity contribution in [1.82, 2.24) is 5.32 Å². The molecule has 1 aliphatic rings. The van der Waals surface area contributed by atoms with E-state index in [0.717, 1.165) is 10.0 Å². The van der Waals surface area contributed by atoms with Crippen LogP contribution in [0.4, 0.5) is 0 Å². The molecule has 0 saturated carbocycles. The van der Waals surface area contributed by atoms with Crippen molar-refractivity contribution in [2.75, 3.05) is 0 Å². The van der Waals surface area contributed by atoms with Crippen LogP contribution in [0.1, 0.15) is 25.5 Å². The summed E-state index contributed by atoms with van der Waals surface area (Å²) in [5.41, 5.74) is 1.45. The highest BCUT2D eigenvalue weighted by atomic mass is 79.9. The van der Waals surface area contributed by atoms with Gasteiger partial charge in [-0.3, -0.25) is 14.9 Å². The van der Waals surface area contributed by atoms with Gasteiger partial charge in [0, 0.05) is 4.47 Å². The number of halogens is 1. The largest absolute Gasteiger partial charge is 0.472 e. The Labute approximate surface area is 120 Å². The van der Waals surface area contributed by atoms with Gasteiger partial charge in [0.05, 0.1) is 11.6 Å². The number of ether oxygens (including phenoxy) is 1. The van der Waals surface area contributed by atoms with Gasteiger partial charge in [0.15, 0.2) is 12.1 Å². The van der Waals surface area contributed by atoms with Gasteiger partial charge in [-0.1, -0.05) is 34.1 Å². The van der Waals surface area contributed by atoms with Crippen molar-refractivity contribution in [2.24, 2.45) is 0 Å². The second-order valence-corrected chi connectivity index (χ2v) is 5.18. The number of hydrogen-bond acceptors (Lipinski definition) is 4. The maximum Gasteiger partial charge on any atom is 0.206 e. The number of allylic oxidation sites excluding steroid dienone is 1. The number of carbonyl (C=O) groups excluding carboxylic acids is 2. The van der Waals surface area contributed by atoms with E-state index in [9.17, 15) is 9.59 Å². The highest BCUT2D eigenvalue weighted by Gasteiger charge is 2.32. The summed E-state index contributed by atoms with van der Waals surface area (Å²) in [4.78, 5) is 22.8. The van der Waals surface area contributed by atoms with E-state index in [-0.39, 0.29) is 11.8 Å². The number of hydrogen-bond donors (Lipinski definition) is 1. The van der Waals surface area contributed by atoms with Gasteiger partial charge in [-0.05, 0) is 25.5 Å². The van der Waals surface area contributed by atoms with Crippen LogP contribution in [-0.4, -0.2) is 18.3 Å². The van der Waals surface area contributed by atoms with Gasteiger partial charge in [-0.25, -0.2) is 0 Å². The zero-order chi connectivity index (χ0) is 14.0. The lowest BCUT2D eigenvalue weighted by atomic mass is 9.94. The molecule has 0 spiro atoms. The lowest BCUT2D eigenvalue weighted by Gasteiger charge is -2.32. The van der Waals surface area contributed by atoms with Gasteiger partial charge in [-0.15, -0.1) is 0 Å². The quantitative estimate of drug-likeness (QED) is 0.868. The number of ketones is 1. The molecule has 1 aliphatic heterocycles. The number of rotatable bonds is 3. The third-order valence-electron chi connectivity index (χ3n) is 3.02. The van der Waals surface area contributed by atoms with E-state index in [2.05, 4.69) is 21.2 Å². The van der Waals surface area contributed by atoms with Crippen LogP contribution >= 0.6 is 15.9 Å². The summed E-state index contributed by atoms with van der Waals surface area (Å²) in [5.74, 6) is 0.416. The average Bonchev–Trinajstić information content (AvgIpc) is 2.37. The Morgan fingerprint density at radius 1 is 1.42 bits per heavy atom. The van der Waals surface area contributed by atoms with Crippen molar-refractivity contribution < 1.29 is 14.3 Å². The number of aldehydes is 1. The fourth-order valence-electron chi connectivity index (χ4n) is 2.21. The fraction of sp³-hybridized carbons (Fsp3) is 0.286. The first-order valence-electron chi connectivity index (χ1n) is 5.88. The Morgan fingerprint density at radius 2 is 2.11 bits per heavy atom. The summed E-state index contributed by atoms with van der Waals surface area (Å²) in [7, 11) is 0. The van der Waals surface area contributed by atoms with Gasteiger partial charge < -0.3 is 4.74 Å². The molecule has 1 N–H and O–H groups in total. The minimum atomic E-state index is -0.736. The lowest BCUT2D eigenvalue weighted by molar-refractivity contribution is -0.121. The average molecular weight is 324 g/mol. The molecule has 2 rings (SSSR count). The Bertz CT molecular complexity index is 553. The predicted octanol–water partition coefficient (Wildman–Crippen LogP) is 2.50. The molecular formula is C14H14BrNO3. The van der Waals surface area contributed by atoms with E-state index < -0.39 is 6.23 Å². The molecule has 0 fully saturated rings. The van der Waals surface area contributed by atoms with Crippen molar-refractivity contribution >= 4 is 28.0 Å². The molecule has 4 nitrogen and oxygen atoms in total. The van der Waals surface area contributed by atoms with E-state index in [0.29, 0.717) is 17.6 Å². The van der Waals surface area contributed by atoms with Crippen LogP contribution in [0.5, 0.6) is 0 Å². The summed E-state index contributed by atoms with van der Waals surface area (Å²) in [6.07, 6.45) is -0.0511. The highest BCUT2D eigenvalue weighted by Crippen LogP contribution is 2.33. The van der Waals surface area contributed by atoms with Gasteiger partial charge in [-0.2, -0.15) is 0 Å². The highest BCUT2D eigenvalue weighted by molar-refractivity contribution is 9.10. The topological polar surface area (TPSA) is 55.4 Å². The molecule has 1 aromatic carbocycles. The van der Waals surface area contributed by atoms with Crippen molar-refractivity contribution in [3.05, 3.63) is 45.6 Å². The van der Waals surface area contributed by atoms with Crippen LogP contribution in [0.25, 0.3) is 0 Å². The van der Waals surface area contributed by atoms with E-state index in [1.807, 2.05) is 24.3 Å². The molecule has 0 aliphatic carbocycles. The minimum absolute atomic E-state index is 0.0740. The predicted molar refractivity (Wildman–Crippen MR) is 74.3 cm³/mol. The van der Waals surface area contributed by atoms with Crippen molar-refractivity contribution in [3.8, 4) is 0 Å². The normalized spacial score (nSPS) is 22.9. The molecule has 2 atom stereocenters. The van der Waals surface area contributed by atoms with Crippen LogP contribution in [0.15, 0.2) is 40.1 Å². The van der Waals surface area contributed by atoms with Crippen LogP contribution in [0.3, 0.4) is 0 Å². The van der Waals surface area contributed by atoms with Crippen LogP contribution < -0.4 is 5.32 Å². The SMILES string of the molecule is CC(=O)C1=C(C)OC(C=O)NC1c1ccccc1Br. The van der Waals surface area contributed by atoms with Crippen molar-refractivity contribution in [2.45, 2.75) is 26.1 Å². The van der Waals surface area contributed by atoms with Crippen molar-refractivity contribution in [3.63, 3.8) is 0 Å². The second kappa shape index (κ2) is 5.67. The first-order valence-corrected chi connectivity index (χ1v) is 6.68. The number of nitrogens with one attached hydrogen (secondary N) is 1. The Morgan fingerprint density at radius 3 is 2.68 bits per heavy atom. The second-order valence-electron chi connectivity index (χ2n) is 4.32. The molecular weight excluding hydrogens is 310 g/mol. The first kappa shape index (κ1) is 14.0. The van der Waals surface area contributed by atoms with Gasteiger partial charge in [0.2, 0.25) is 6.23 Å². The smallest absolute Gasteiger partial charge is 0.206 e. The molecule has 19 heavy (non-hydrogen) atoms. The third-order valence-corrected chi connectivity index (χ3v) is 3.74. The summed E-state index contributed by atoms with van der Waals surface area (Å²) >= 11 is 3.47. The molecule has 0 aromatic heterocycles. The molecule has 100 valence electrons. The molecule has 2 unspecified atom stereocenters. The summed E-state index contributed by atoms with van der Waals surface area (Å²) in [6, 6.07) is 7.24. The summed E-state index contributed by atoms with van der Waals surface area (Å²) in [5, 5.41) is 3.02. The Balaban J connectivity index is 2.52. The molecule has 0 radical (unpaired) electrons. The van der Waals surface area contributed by atoms with Crippen LogP contribution in [0, 0.1) is 0 Å². The van der Waals surface area contributed by atoms with E-state index in [1.54, 1.807) is 6.92 Å². The lowest BCUT2D eigenvalue weighted by Crippen LogP contribution is -2.42. The van der Waals surface area contributed by atoms with Crippen molar-refractivity contribution in [1.29, 1.82) is 0 Å². The van der Waals surface area contributed by atoms with E-state index in [1.165, 1.54) is 6.92 Å². The van der Waals surface area contributed by atoms with E-state index >= 15 is 0 Å². The van der Waals surface area contributed by atoms with E-state index in [4.69, 9.17) is 4.74 Å². The van der Waals surface area contributed by atoms with Crippen LogP contribution in [-0.2, 0) is 14.3 Å². The fourth-order valence-corrected chi connectivity index (χ4v) is 2.73. The monoisotopic (exact) mass is 323 g/mol. The van der Waals surface area contributed by atoms with Gasteiger partial charge in [0.1, 0.15) is 5.76 Å². The first-order chi connectivity index (χ1) is 9.04. The zero-order valence-corrected chi connectivity index (χ0v) is 12.2. The van der Waals surface area contributed by atoms with Gasteiger partial charge >= 0.3 is 0 Å². The Kier molecular flexibility index (Phi) is 4.17. The summed E-state index contributed by atoms with van der Waals surface area (Å²) < 4.78 is 6.25. The zero-order valence-electron chi connectivity index (χ0n) is 10.6. The van der Waals surface area contributed by atoms with Crippen LogP contribution in [0.2, 0.25) is 0 Å². The summed E-state index contributed by atoms with van der Waals surface area (Å²) in [6.45, 7) is 3.20. The molecule has 0 amide bonds. The maximum atomic E-state index is 11.8.